The molecule has 0 saturated carbocycles. The van der Waals surface area contributed by atoms with E-state index in [2.05, 4.69) is 4.98 Å². The first-order valence-corrected chi connectivity index (χ1v) is 13.8. The maximum absolute atomic E-state index is 13.4. The van der Waals surface area contributed by atoms with E-state index in [1.165, 1.54) is 14.1 Å². The smallest absolute Gasteiger partial charge is 0.248 e. The fraction of sp³-hybridized carbons (Fsp3) is 0.333. The lowest BCUT2D eigenvalue weighted by molar-refractivity contribution is -0.158. The van der Waals surface area contributed by atoms with Gasteiger partial charge in [-0.1, -0.05) is 48.5 Å². The van der Waals surface area contributed by atoms with Gasteiger partial charge in [0, 0.05) is 37.1 Å². The Morgan fingerprint density at radius 1 is 0.892 bits per heavy atom. The van der Waals surface area contributed by atoms with Crippen LogP contribution in [0.2, 0.25) is 0 Å². The molecule has 3 amide bonds. The van der Waals surface area contributed by atoms with Gasteiger partial charge in [0.1, 0.15) is 18.0 Å². The van der Waals surface area contributed by atoms with Crippen LogP contribution in [0.1, 0.15) is 18.4 Å². The second-order valence-corrected chi connectivity index (χ2v) is 11.3. The normalized spacial score (nSPS) is 17.9. The van der Waals surface area contributed by atoms with Crippen LogP contribution in [0.3, 0.4) is 0 Å². The van der Waals surface area contributed by atoms with Crippen LogP contribution >= 0.6 is 0 Å². The zero-order valence-electron chi connectivity index (χ0n) is 20.3. The Morgan fingerprint density at radius 3 is 2.27 bits per heavy atom. The lowest BCUT2D eigenvalue weighted by Gasteiger charge is -2.37. The van der Waals surface area contributed by atoms with Crippen molar-refractivity contribution in [3.8, 4) is 0 Å². The molecule has 2 aliphatic heterocycles. The molecule has 9 nitrogen and oxygen atoms in total. The van der Waals surface area contributed by atoms with Crippen LogP contribution in [0.4, 0.5) is 0 Å². The van der Waals surface area contributed by atoms with Crippen LogP contribution in [-0.4, -0.2) is 78.0 Å². The average molecular weight is 521 g/mol. The van der Waals surface area contributed by atoms with E-state index in [1.807, 2.05) is 42.5 Å². The highest BCUT2D eigenvalue weighted by atomic mass is 32.2. The van der Waals surface area contributed by atoms with Crippen molar-refractivity contribution in [2.45, 2.75) is 24.2 Å². The van der Waals surface area contributed by atoms with Crippen LogP contribution in [-0.2, 0) is 30.8 Å². The van der Waals surface area contributed by atoms with Gasteiger partial charge in [0.05, 0.1) is 5.52 Å². The minimum Gasteiger partial charge on any atom is -0.324 e. The van der Waals surface area contributed by atoms with E-state index in [4.69, 9.17) is 0 Å². The van der Waals surface area contributed by atoms with Crippen LogP contribution in [0.5, 0.6) is 0 Å². The van der Waals surface area contributed by atoms with Gasteiger partial charge in [0.2, 0.25) is 27.7 Å². The minimum absolute atomic E-state index is 0.139. The zero-order valence-corrected chi connectivity index (χ0v) is 21.1. The van der Waals surface area contributed by atoms with Gasteiger partial charge < -0.3 is 4.90 Å². The lowest BCUT2D eigenvalue weighted by atomic mass is 9.96. The molecule has 10 heteroatoms. The number of para-hydroxylation sites is 1. The van der Waals surface area contributed by atoms with Gasteiger partial charge in [-0.15, -0.1) is 0 Å². The van der Waals surface area contributed by atoms with Crippen molar-refractivity contribution >= 4 is 38.6 Å². The summed E-state index contributed by atoms with van der Waals surface area (Å²) in [6.45, 7) is 0.365. The van der Waals surface area contributed by atoms with Crippen LogP contribution in [0.15, 0.2) is 71.8 Å². The molecule has 2 aliphatic rings. The van der Waals surface area contributed by atoms with E-state index >= 15 is 0 Å². The van der Waals surface area contributed by atoms with Gasteiger partial charge in [0.15, 0.2) is 0 Å². The molecule has 3 aromatic rings. The number of hydrogen-bond acceptors (Lipinski definition) is 6. The van der Waals surface area contributed by atoms with Gasteiger partial charge in [-0.2, -0.15) is 4.31 Å². The number of rotatable bonds is 6. The minimum atomic E-state index is -3.79. The Kier molecular flexibility index (Phi) is 7.03. The van der Waals surface area contributed by atoms with Gasteiger partial charge in [-0.3, -0.25) is 24.3 Å². The summed E-state index contributed by atoms with van der Waals surface area (Å²) in [5, 5.41) is 0.742. The number of amides is 3. The molecule has 192 valence electrons. The first-order chi connectivity index (χ1) is 17.8. The second kappa shape index (κ2) is 10.4. The molecule has 37 heavy (non-hydrogen) atoms. The largest absolute Gasteiger partial charge is 0.324 e. The molecule has 0 radical (unpaired) electrons. The summed E-state index contributed by atoms with van der Waals surface area (Å²) >= 11 is 0. The maximum Gasteiger partial charge on any atom is 0.248 e. The number of nitrogens with zero attached hydrogens (tertiary/aromatic N) is 4. The molecule has 0 atom stereocenters. The first kappa shape index (κ1) is 25.0. The third-order valence-electron chi connectivity index (χ3n) is 7.05. The van der Waals surface area contributed by atoms with Crippen LogP contribution < -0.4 is 0 Å². The Balaban J connectivity index is 1.19. The third-order valence-corrected chi connectivity index (χ3v) is 8.98. The van der Waals surface area contributed by atoms with Crippen LogP contribution in [0.25, 0.3) is 10.9 Å². The fourth-order valence-corrected chi connectivity index (χ4v) is 6.64. The zero-order chi connectivity index (χ0) is 26.0. The Hall–Kier alpha value is -3.63. The monoisotopic (exact) mass is 520 g/mol. The molecule has 1 aromatic heterocycles. The summed E-state index contributed by atoms with van der Waals surface area (Å²) in [6.07, 6.45) is 2.78. The number of benzene rings is 2. The van der Waals surface area contributed by atoms with E-state index in [-0.39, 0.29) is 55.3 Å². The Labute approximate surface area is 215 Å². The van der Waals surface area contributed by atoms with Gasteiger partial charge in [-0.25, -0.2) is 8.42 Å². The van der Waals surface area contributed by atoms with E-state index in [9.17, 15) is 22.8 Å². The second-order valence-electron chi connectivity index (χ2n) is 9.38. The van der Waals surface area contributed by atoms with Gasteiger partial charge >= 0.3 is 0 Å². The number of pyridine rings is 1. The highest BCUT2D eigenvalue weighted by Gasteiger charge is 2.38. The summed E-state index contributed by atoms with van der Waals surface area (Å²) in [7, 11) is -3.79. The summed E-state index contributed by atoms with van der Waals surface area (Å²) in [5.41, 5.74) is 1.45. The van der Waals surface area contributed by atoms with Crippen molar-refractivity contribution < 1.29 is 22.8 Å². The highest BCUT2D eigenvalue weighted by molar-refractivity contribution is 7.89. The molecule has 5 rings (SSSR count). The summed E-state index contributed by atoms with van der Waals surface area (Å²) in [6, 6.07) is 18.2. The molecule has 0 aliphatic carbocycles. The van der Waals surface area contributed by atoms with Crippen LogP contribution in [0, 0.1) is 5.92 Å². The topological polar surface area (TPSA) is 108 Å². The Morgan fingerprint density at radius 2 is 1.57 bits per heavy atom. The van der Waals surface area contributed by atoms with Crippen molar-refractivity contribution in [2.75, 3.05) is 32.7 Å². The maximum atomic E-state index is 13.4. The van der Waals surface area contributed by atoms with E-state index in [0.717, 1.165) is 10.9 Å². The molecule has 0 N–H and O–H groups in total. The van der Waals surface area contributed by atoms with Gasteiger partial charge in [-0.05, 0) is 37.0 Å². The molecular weight excluding hydrogens is 492 g/mol. The van der Waals surface area contributed by atoms with E-state index < -0.39 is 15.9 Å². The summed E-state index contributed by atoms with van der Waals surface area (Å²) in [5.74, 6) is -1.48. The van der Waals surface area contributed by atoms with Gasteiger partial charge in [0.25, 0.3) is 0 Å². The number of hydrogen-bond donors (Lipinski definition) is 0. The predicted molar refractivity (Wildman–Crippen MR) is 137 cm³/mol. The van der Waals surface area contributed by atoms with Crippen molar-refractivity contribution in [3.63, 3.8) is 0 Å². The fourth-order valence-electron chi connectivity index (χ4n) is 5.01. The first-order valence-electron chi connectivity index (χ1n) is 12.3. The number of piperazine rings is 1. The molecular formula is C27H28N4O5S. The molecule has 2 aromatic carbocycles. The van der Waals surface area contributed by atoms with E-state index in [0.29, 0.717) is 24.8 Å². The highest BCUT2D eigenvalue weighted by Crippen LogP contribution is 2.29. The number of carbonyl (C=O) groups excluding carboxylic acids is 3. The van der Waals surface area contributed by atoms with Crippen molar-refractivity contribution in [3.05, 3.63) is 72.4 Å². The number of sulfonamides is 1. The average Bonchev–Trinajstić information content (AvgIpc) is 2.92. The summed E-state index contributed by atoms with van der Waals surface area (Å²) < 4.78 is 28.1. The lowest BCUT2D eigenvalue weighted by Crippen LogP contribution is -2.57. The Bertz CT molecular complexity index is 1410. The van der Waals surface area contributed by atoms with Crippen molar-refractivity contribution in [1.29, 1.82) is 0 Å². The molecule has 0 spiro atoms. The number of piperidine rings is 1. The standard InChI is InChI=1S/C27H28N4O5S/c32-24-18-29(19-25(33)31(24)17-11-20-6-2-1-3-7-20)27(34)22-12-15-30(16-13-22)37(35,36)23-10-4-8-21-9-5-14-28-26(21)23/h1-10,14,22H,11-13,15-19H2. The predicted octanol–water partition coefficient (Wildman–Crippen LogP) is 2.08. The quantitative estimate of drug-likeness (QED) is 0.461. The molecule has 0 unspecified atom stereocenters. The molecule has 3 heterocycles. The van der Waals surface area contributed by atoms with Crippen molar-refractivity contribution in [1.82, 2.24) is 19.1 Å². The summed E-state index contributed by atoms with van der Waals surface area (Å²) in [4.78, 5) is 45.5. The third kappa shape index (κ3) is 5.12. The van der Waals surface area contributed by atoms with Crippen molar-refractivity contribution in [2.24, 2.45) is 5.92 Å². The molecule has 2 saturated heterocycles. The molecule has 2 fully saturated rings. The SMILES string of the molecule is O=C(C1CCN(S(=O)(=O)c2cccc3cccnc23)CC1)N1CC(=O)N(CCc2ccccc2)C(=O)C1. The molecule has 0 bridgehead atoms. The number of aromatic nitrogens is 1. The van der Waals surface area contributed by atoms with E-state index in [1.54, 1.807) is 24.4 Å². The number of carbonyl (C=O) groups is 3. The number of imide groups is 1. The number of fused-ring (bicyclic) bond motifs is 1.